The van der Waals surface area contributed by atoms with Crippen LogP contribution in [0.15, 0.2) is 47.5 Å². The largest absolute Gasteiger partial charge is 0.493 e. The highest BCUT2D eigenvalue weighted by Gasteiger charge is 2.12. The number of nitrogens with one attached hydrogen (secondary N) is 2. The number of methoxy groups -OCH3 is 2. The third kappa shape index (κ3) is 7.69. The van der Waals surface area contributed by atoms with E-state index < -0.39 is 6.10 Å². The van der Waals surface area contributed by atoms with Gasteiger partial charge in [-0.3, -0.25) is 4.99 Å². The number of hydrogen-bond donors (Lipinski definition) is 3. The fourth-order valence-corrected chi connectivity index (χ4v) is 2.70. The number of nitrogens with zero attached hydrogens (tertiary/aromatic N) is 1. The van der Waals surface area contributed by atoms with Gasteiger partial charge in [0.1, 0.15) is 5.82 Å². The molecule has 0 aliphatic heterocycles. The highest BCUT2D eigenvalue weighted by atomic mass is 127. The minimum absolute atomic E-state index is 0. The molecule has 2 aromatic carbocycles. The maximum absolute atomic E-state index is 13.7. The zero-order chi connectivity index (χ0) is 20.4. The third-order valence-corrected chi connectivity index (χ3v) is 4.20. The molecule has 0 radical (unpaired) electrons. The van der Waals surface area contributed by atoms with Crippen molar-refractivity contribution in [1.29, 1.82) is 0 Å². The summed E-state index contributed by atoms with van der Waals surface area (Å²) < 4.78 is 24.2. The lowest BCUT2D eigenvalue weighted by atomic mass is 10.1. The fraction of sp³-hybridized carbons (Fsp3) is 0.381. The topological polar surface area (TPSA) is 75.1 Å². The molecule has 0 saturated carbocycles. The third-order valence-electron chi connectivity index (χ3n) is 4.20. The molecule has 0 heterocycles. The first-order valence-electron chi connectivity index (χ1n) is 9.24. The standard InChI is InChI=1S/C21H28FN3O3.HI/c1-4-23-21(24-12-11-15-7-5-6-8-17(15)22)25-14-18(26)16-9-10-19(27-2)20(13-16)28-3;/h5-10,13,18,26H,4,11-12,14H2,1-3H3,(H2,23,24,25);1H. The summed E-state index contributed by atoms with van der Waals surface area (Å²) in [5, 5.41) is 16.7. The van der Waals surface area contributed by atoms with Gasteiger partial charge in [0.25, 0.3) is 0 Å². The van der Waals surface area contributed by atoms with E-state index in [2.05, 4.69) is 15.6 Å². The van der Waals surface area contributed by atoms with Crippen molar-refractivity contribution in [2.24, 2.45) is 4.99 Å². The predicted molar refractivity (Wildman–Crippen MR) is 124 cm³/mol. The first-order valence-corrected chi connectivity index (χ1v) is 9.24. The van der Waals surface area contributed by atoms with E-state index in [0.717, 1.165) is 0 Å². The van der Waals surface area contributed by atoms with Crippen LogP contribution in [0.25, 0.3) is 0 Å². The maximum Gasteiger partial charge on any atom is 0.191 e. The Morgan fingerprint density at radius 1 is 1.10 bits per heavy atom. The van der Waals surface area contributed by atoms with Gasteiger partial charge in [0.2, 0.25) is 0 Å². The Balaban J connectivity index is 0.00000420. The predicted octanol–water partition coefficient (Wildman–Crippen LogP) is 3.29. The van der Waals surface area contributed by atoms with Gasteiger partial charge in [0.05, 0.1) is 26.9 Å². The number of halogens is 2. The van der Waals surface area contributed by atoms with Gasteiger partial charge in [-0.2, -0.15) is 0 Å². The van der Waals surface area contributed by atoms with Crippen molar-refractivity contribution >= 4 is 29.9 Å². The molecule has 29 heavy (non-hydrogen) atoms. The molecular weight excluding hydrogens is 488 g/mol. The van der Waals surface area contributed by atoms with Crippen LogP contribution in [0.5, 0.6) is 11.5 Å². The summed E-state index contributed by atoms with van der Waals surface area (Å²) in [6.07, 6.45) is -0.253. The molecule has 0 aliphatic carbocycles. The zero-order valence-electron chi connectivity index (χ0n) is 16.9. The Morgan fingerprint density at radius 2 is 1.83 bits per heavy atom. The van der Waals surface area contributed by atoms with Crippen LogP contribution in [0, 0.1) is 5.82 Å². The Hall–Kier alpha value is -2.07. The molecule has 160 valence electrons. The van der Waals surface area contributed by atoms with Gasteiger partial charge < -0.3 is 25.2 Å². The summed E-state index contributed by atoms with van der Waals surface area (Å²) in [6, 6.07) is 12.0. The summed E-state index contributed by atoms with van der Waals surface area (Å²) in [6.45, 7) is 3.33. The van der Waals surface area contributed by atoms with E-state index in [1.165, 1.54) is 6.07 Å². The van der Waals surface area contributed by atoms with Gasteiger partial charge in [-0.05, 0) is 42.7 Å². The van der Waals surface area contributed by atoms with Crippen LogP contribution in [0.3, 0.4) is 0 Å². The quantitative estimate of drug-likeness (QED) is 0.271. The van der Waals surface area contributed by atoms with Gasteiger partial charge in [0, 0.05) is 13.1 Å². The minimum Gasteiger partial charge on any atom is -0.493 e. The van der Waals surface area contributed by atoms with Crippen LogP contribution in [-0.2, 0) is 6.42 Å². The van der Waals surface area contributed by atoms with Crippen molar-refractivity contribution < 1.29 is 19.0 Å². The van der Waals surface area contributed by atoms with Gasteiger partial charge in [-0.15, -0.1) is 24.0 Å². The molecular formula is C21H29FIN3O3. The molecule has 0 spiro atoms. The lowest BCUT2D eigenvalue weighted by Gasteiger charge is -2.15. The number of guanidine groups is 1. The van der Waals surface area contributed by atoms with Crippen LogP contribution >= 0.6 is 24.0 Å². The fourth-order valence-electron chi connectivity index (χ4n) is 2.70. The number of ether oxygens (including phenoxy) is 2. The van der Waals surface area contributed by atoms with Crippen molar-refractivity contribution in [2.75, 3.05) is 33.9 Å². The summed E-state index contributed by atoms with van der Waals surface area (Å²) >= 11 is 0. The Kier molecular flexibility index (Phi) is 11.4. The molecule has 3 N–H and O–H groups in total. The summed E-state index contributed by atoms with van der Waals surface area (Å²) in [7, 11) is 3.11. The van der Waals surface area contributed by atoms with E-state index in [-0.39, 0.29) is 36.3 Å². The molecule has 6 nitrogen and oxygen atoms in total. The first-order chi connectivity index (χ1) is 13.6. The maximum atomic E-state index is 13.7. The molecule has 0 amide bonds. The molecule has 1 atom stereocenters. The molecule has 2 rings (SSSR count). The lowest BCUT2D eigenvalue weighted by Crippen LogP contribution is -2.38. The average molecular weight is 517 g/mol. The molecule has 0 aromatic heterocycles. The first kappa shape index (κ1) is 25.0. The smallest absolute Gasteiger partial charge is 0.191 e. The highest BCUT2D eigenvalue weighted by Crippen LogP contribution is 2.30. The van der Waals surface area contributed by atoms with Crippen molar-refractivity contribution in [3.8, 4) is 11.5 Å². The lowest BCUT2D eigenvalue weighted by molar-refractivity contribution is 0.186. The number of hydrogen-bond acceptors (Lipinski definition) is 4. The second kappa shape index (κ2) is 13.2. The number of benzene rings is 2. The van der Waals surface area contributed by atoms with Crippen molar-refractivity contribution in [3.05, 3.63) is 59.4 Å². The van der Waals surface area contributed by atoms with E-state index in [1.54, 1.807) is 44.6 Å². The minimum atomic E-state index is -0.790. The second-order valence-corrected chi connectivity index (χ2v) is 6.12. The molecule has 0 fully saturated rings. The van der Waals surface area contributed by atoms with Gasteiger partial charge in [-0.25, -0.2) is 4.39 Å². The van der Waals surface area contributed by atoms with E-state index in [0.29, 0.717) is 48.1 Å². The van der Waals surface area contributed by atoms with E-state index in [1.807, 2.05) is 13.0 Å². The number of aliphatic imine (C=N–C) groups is 1. The molecule has 0 saturated heterocycles. The van der Waals surface area contributed by atoms with E-state index in [4.69, 9.17) is 9.47 Å². The van der Waals surface area contributed by atoms with Crippen LogP contribution in [0.1, 0.15) is 24.2 Å². The number of rotatable bonds is 9. The Morgan fingerprint density at radius 3 is 2.48 bits per heavy atom. The number of aliphatic hydroxyl groups excluding tert-OH is 1. The van der Waals surface area contributed by atoms with Gasteiger partial charge in [-0.1, -0.05) is 24.3 Å². The summed E-state index contributed by atoms with van der Waals surface area (Å²) in [5.41, 5.74) is 1.33. The molecule has 0 aliphatic rings. The van der Waals surface area contributed by atoms with E-state index in [9.17, 15) is 9.50 Å². The van der Waals surface area contributed by atoms with Crippen molar-refractivity contribution in [2.45, 2.75) is 19.4 Å². The summed E-state index contributed by atoms with van der Waals surface area (Å²) in [4.78, 5) is 4.42. The zero-order valence-corrected chi connectivity index (χ0v) is 19.3. The summed E-state index contributed by atoms with van der Waals surface area (Å²) in [5.74, 6) is 1.51. The molecule has 1 unspecified atom stereocenters. The van der Waals surface area contributed by atoms with E-state index >= 15 is 0 Å². The molecule has 8 heteroatoms. The highest BCUT2D eigenvalue weighted by molar-refractivity contribution is 14.0. The van der Waals surface area contributed by atoms with Crippen molar-refractivity contribution in [3.63, 3.8) is 0 Å². The van der Waals surface area contributed by atoms with Crippen LogP contribution < -0.4 is 20.1 Å². The number of aliphatic hydroxyl groups is 1. The molecule has 0 bridgehead atoms. The monoisotopic (exact) mass is 517 g/mol. The SMILES string of the molecule is CCNC(=NCC(O)c1ccc(OC)c(OC)c1)NCCc1ccccc1F.I. The second-order valence-electron chi connectivity index (χ2n) is 6.12. The van der Waals surface area contributed by atoms with Crippen LogP contribution in [-0.4, -0.2) is 44.9 Å². The van der Waals surface area contributed by atoms with Crippen LogP contribution in [0.2, 0.25) is 0 Å². The van der Waals surface area contributed by atoms with Crippen LogP contribution in [0.4, 0.5) is 4.39 Å². The van der Waals surface area contributed by atoms with Crippen molar-refractivity contribution in [1.82, 2.24) is 10.6 Å². The van der Waals surface area contributed by atoms with Gasteiger partial charge in [0.15, 0.2) is 17.5 Å². The van der Waals surface area contributed by atoms with Gasteiger partial charge >= 0.3 is 0 Å². The Bertz CT molecular complexity index is 790. The Labute approximate surface area is 188 Å². The molecule has 2 aromatic rings. The normalized spacial score (nSPS) is 12.0. The average Bonchev–Trinajstić information content (AvgIpc) is 2.72.